The second-order valence-electron chi connectivity index (χ2n) is 5.87. The quantitative estimate of drug-likeness (QED) is 0.387. The van der Waals surface area contributed by atoms with E-state index < -0.39 is 10.1 Å². The minimum atomic E-state index is -3.86. The maximum atomic E-state index is 10.7. The lowest BCUT2D eigenvalue weighted by atomic mass is 9.78. The van der Waals surface area contributed by atoms with Crippen LogP contribution >= 0.6 is 22.6 Å². The largest absolute Gasteiger partial charge is 0.376 e. The van der Waals surface area contributed by atoms with Crippen molar-refractivity contribution in [3.05, 3.63) is 33.4 Å². The summed E-state index contributed by atoms with van der Waals surface area (Å²) >= 11 is 2.30. The van der Waals surface area contributed by atoms with Crippen molar-refractivity contribution in [2.24, 2.45) is 5.41 Å². The van der Waals surface area contributed by atoms with Crippen LogP contribution in [-0.2, 0) is 14.9 Å². The summed E-state index contributed by atoms with van der Waals surface area (Å²) in [6, 6.07) is 8.11. The molecular formula is C15H23IO4S. The molecule has 21 heavy (non-hydrogen) atoms. The predicted octanol–water partition coefficient (Wildman–Crippen LogP) is 4.06. The minimum absolute atomic E-state index is 0.0451. The number of ether oxygens (including phenoxy) is 1. The first kappa shape index (κ1) is 18.9. The second kappa shape index (κ2) is 7.89. The standard InChI is InChI=1S/C15H23IO4S/c1-15(2,10-6-7-11-21(17,18)19)14(20-3)12-8-4-5-9-13(12)16/h4-5,8-9,14H,6-7,10-11H2,1-3H3,(H,17,18,19). The van der Waals surface area contributed by atoms with Crippen LogP contribution in [0.5, 0.6) is 0 Å². The Bertz CT molecular complexity index is 555. The lowest BCUT2D eigenvalue weighted by molar-refractivity contribution is -0.00132. The van der Waals surface area contributed by atoms with E-state index in [1.165, 1.54) is 0 Å². The van der Waals surface area contributed by atoms with E-state index >= 15 is 0 Å². The summed E-state index contributed by atoms with van der Waals surface area (Å²) in [6.45, 7) is 4.25. The molecule has 1 aromatic carbocycles. The molecule has 0 aliphatic rings. The van der Waals surface area contributed by atoms with Crippen molar-refractivity contribution in [3.8, 4) is 0 Å². The molecule has 0 heterocycles. The van der Waals surface area contributed by atoms with Crippen LogP contribution < -0.4 is 0 Å². The first-order valence-corrected chi connectivity index (χ1v) is 9.58. The maximum absolute atomic E-state index is 10.7. The zero-order valence-electron chi connectivity index (χ0n) is 12.7. The fourth-order valence-corrected chi connectivity index (χ4v) is 3.79. The van der Waals surface area contributed by atoms with Crippen LogP contribution in [0.2, 0.25) is 0 Å². The first-order valence-electron chi connectivity index (χ1n) is 6.90. The van der Waals surface area contributed by atoms with Crippen molar-refractivity contribution in [2.45, 2.75) is 39.2 Å². The van der Waals surface area contributed by atoms with E-state index in [1.807, 2.05) is 12.1 Å². The van der Waals surface area contributed by atoms with Gasteiger partial charge in [0.05, 0.1) is 11.9 Å². The Hall–Kier alpha value is -0.180. The lowest BCUT2D eigenvalue weighted by Crippen LogP contribution is -2.25. The van der Waals surface area contributed by atoms with Crippen LogP contribution in [0.4, 0.5) is 0 Å². The van der Waals surface area contributed by atoms with Gasteiger partial charge in [-0.3, -0.25) is 4.55 Å². The van der Waals surface area contributed by atoms with Crippen LogP contribution in [0.3, 0.4) is 0 Å². The van der Waals surface area contributed by atoms with Crippen molar-refractivity contribution in [2.75, 3.05) is 12.9 Å². The van der Waals surface area contributed by atoms with Crippen molar-refractivity contribution in [3.63, 3.8) is 0 Å². The summed E-state index contributed by atoms with van der Waals surface area (Å²) in [5.74, 6) is -0.177. The summed E-state index contributed by atoms with van der Waals surface area (Å²) in [7, 11) is -2.16. The molecule has 0 aliphatic carbocycles. The molecule has 0 radical (unpaired) electrons. The molecule has 0 bridgehead atoms. The van der Waals surface area contributed by atoms with E-state index in [4.69, 9.17) is 9.29 Å². The van der Waals surface area contributed by atoms with Gasteiger partial charge in [0.15, 0.2) is 0 Å². The Kier molecular flexibility index (Phi) is 7.09. The summed E-state index contributed by atoms with van der Waals surface area (Å²) in [4.78, 5) is 0. The highest BCUT2D eigenvalue weighted by atomic mass is 127. The summed E-state index contributed by atoms with van der Waals surface area (Å²) in [6.07, 6.45) is 1.98. The Morgan fingerprint density at radius 2 is 1.90 bits per heavy atom. The van der Waals surface area contributed by atoms with Crippen LogP contribution in [0.15, 0.2) is 24.3 Å². The minimum Gasteiger partial charge on any atom is -0.376 e. The van der Waals surface area contributed by atoms with Crippen molar-refractivity contribution >= 4 is 32.7 Å². The van der Waals surface area contributed by atoms with Gasteiger partial charge in [0.1, 0.15) is 0 Å². The van der Waals surface area contributed by atoms with Gasteiger partial charge in [-0.15, -0.1) is 0 Å². The van der Waals surface area contributed by atoms with Crippen molar-refractivity contribution in [1.29, 1.82) is 0 Å². The molecule has 0 amide bonds. The van der Waals surface area contributed by atoms with Gasteiger partial charge in [0.25, 0.3) is 10.1 Å². The molecule has 0 spiro atoms. The maximum Gasteiger partial charge on any atom is 0.264 e. The van der Waals surface area contributed by atoms with Crippen LogP contribution in [-0.4, -0.2) is 25.8 Å². The Balaban J connectivity index is 2.72. The Labute approximate surface area is 141 Å². The average molecular weight is 426 g/mol. The third kappa shape index (κ3) is 6.22. The zero-order chi connectivity index (χ0) is 16.1. The molecule has 4 nitrogen and oxygen atoms in total. The number of halogens is 1. The van der Waals surface area contributed by atoms with Gasteiger partial charge in [0, 0.05) is 10.7 Å². The molecule has 1 unspecified atom stereocenters. The molecule has 0 aromatic heterocycles. The van der Waals surface area contributed by atoms with Crippen molar-refractivity contribution in [1.82, 2.24) is 0 Å². The molecule has 1 atom stereocenters. The van der Waals surface area contributed by atoms with E-state index in [1.54, 1.807) is 7.11 Å². The van der Waals surface area contributed by atoms with Crippen molar-refractivity contribution < 1.29 is 17.7 Å². The highest BCUT2D eigenvalue weighted by Gasteiger charge is 2.31. The first-order chi connectivity index (χ1) is 9.67. The fourth-order valence-electron chi connectivity index (χ4n) is 2.55. The van der Waals surface area contributed by atoms with Crippen LogP contribution in [0, 0.1) is 8.99 Å². The summed E-state index contributed by atoms with van der Waals surface area (Å²) in [5.41, 5.74) is 1.04. The zero-order valence-corrected chi connectivity index (χ0v) is 15.6. The number of unbranched alkanes of at least 4 members (excludes halogenated alkanes) is 1. The predicted molar refractivity (Wildman–Crippen MR) is 93.0 cm³/mol. The van der Waals surface area contributed by atoms with E-state index in [0.29, 0.717) is 6.42 Å². The van der Waals surface area contributed by atoms with Gasteiger partial charge < -0.3 is 4.74 Å². The third-order valence-electron chi connectivity index (χ3n) is 3.61. The number of methoxy groups -OCH3 is 1. The monoisotopic (exact) mass is 426 g/mol. The molecule has 1 N–H and O–H groups in total. The number of rotatable bonds is 8. The molecule has 0 fully saturated rings. The van der Waals surface area contributed by atoms with Gasteiger partial charge in [-0.25, -0.2) is 0 Å². The van der Waals surface area contributed by atoms with E-state index in [2.05, 4.69) is 48.6 Å². The topological polar surface area (TPSA) is 63.6 Å². The third-order valence-corrected chi connectivity index (χ3v) is 5.39. The second-order valence-corrected chi connectivity index (χ2v) is 8.60. The molecule has 6 heteroatoms. The van der Waals surface area contributed by atoms with Crippen LogP contribution in [0.25, 0.3) is 0 Å². The van der Waals surface area contributed by atoms with Gasteiger partial charge in [-0.05, 0) is 52.5 Å². The highest BCUT2D eigenvalue weighted by Crippen LogP contribution is 2.41. The summed E-state index contributed by atoms with van der Waals surface area (Å²) in [5, 5.41) is 0. The Morgan fingerprint density at radius 1 is 1.29 bits per heavy atom. The lowest BCUT2D eigenvalue weighted by Gasteiger charge is -2.34. The SMILES string of the molecule is COC(c1ccccc1I)C(C)(C)CCCCS(=O)(=O)O. The van der Waals surface area contributed by atoms with E-state index in [0.717, 1.165) is 22.0 Å². The molecular weight excluding hydrogens is 403 g/mol. The van der Waals surface area contributed by atoms with Gasteiger partial charge in [-0.1, -0.05) is 38.5 Å². The molecule has 0 saturated heterocycles. The molecule has 0 saturated carbocycles. The van der Waals surface area contributed by atoms with Crippen LogP contribution in [0.1, 0.15) is 44.8 Å². The molecule has 1 rings (SSSR count). The van der Waals surface area contributed by atoms with Gasteiger partial charge >= 0.3 is 0 Å². The summed E-state index contributed by atoms with van der Waals surface area (Å²) < 4.78 is 37.1. The number of benzene rings is 1. The Morgan fingerprint density at radius 3 is 2.43 bits per heavy atom. The molecule has 0 aliphatic heterocycles. The van der Waals surface area contributed by atoms with E-state index in [9.17, 15) is 8.42 Å². The normalized spacial score (nSPS) is 14.1. The molecule has 1 aromatic rings. The number of hydrogen-bond acceptors (Lipinski definition) is 3. The average Bonchev–Trinajstić information content (AvgIpc) is 2.36. The van der Waals surface area contributed by atoms with Gasteiger partial charge in [0.2, 0.25) is 0 Å². The fraction of sp³-hybridized carbons (Fsp3) is 0.600. The van der Waals surface area contributed by atoms with Gasteiger partial charge in [-0.2, -0.15) is 8.42 Å². The number of hydrogen-bond donors (Lipinski definition) is 1. The highest BCUT2D eigenvalue weighted by molar-refractivity contribution is 14.1. The smallest absolute Gasteiger partial charge is 0.264 e. The van der Waals surface area contributed by atoms with E-state index in [-0.39, 0.29) is 17.3 Å². The molecule has 120 valence electrons.